The van der Waals surface area contributed by atoms with Crippen molar-refractivity contribution in [2.24, 2.45) is 0 Å². The molecule has 18 heavy (non-hydrogen) atoms. The van der Waals surface area contributed by atoms with E-state index in [0.717, 1.165) is 16.6 Å². The number of nitrogens with one attached hydrogen (secondary N) is 1. The zero-order valence-corrected chi connectivity index (χ0v) is 11.8. The summed E-state index contributed by atoms with van der Waals surface area (Å²) in [6, 6.07) is 12.5. The largest absolute Gasteiger partial charge is 0.384 e. The lowest BCUT2D eigenvalue weighted by Crippen LogP contribution is -2.18. The molecule has 94 valence electrons. The van der Waals surface area contributed by atoms with Crippen LogP contribution in [0.2, 0.25) is 0 Å². The molecule has 0 saturated heterocycles. The van der Waals surface area contributed by atoms with Crippen molar-refractivity contribution >= 4 is 21.7 Å². The van der Waals surface area contributed by atoms with Crippen molar-refractivity contribution in [2.75, 3.05) is 5.73 Å². The van der Waals surface area contributed by atoms with Crippen molar-refractivity contribution in [3.63, 3.8) is 0 Å². The fraction of sp³-hybridized carbons (Fsp3) is 0.214. The number of halogens is 1. The van der Waals surface area contributed by atoms with Crippen LogP contribution in [0.25, 0.3) is 0 Å². The fourth-order valence-corrected chi connectivity index (χ4v) is 2.01. The number of hydrogen-bond acceptors (Lipinski definition) is 3. The minimum absolute atomic E-state index is 0.299. The van der Waals surface area contributed by atoms with Gasteiger partial charge in [-0.3, -0.25) is 0 Å². The Balaban J connectivity index is 1.96. The van der Waals surface area contributed by atoms with Crippen LogP contribution in [0.3, 0.4) is 0 Å². The highest BCUT2D eigenvalue weighted by Gasteiger charge is 2.04. The highest BCUT2D eigenvalue weighted by Crippen LogP contribution is 2.17. The number of benzene rings is 1. The first kappa shape index (κ1) is 13.1. The van der Waals surface area contributed by atoms with Gasteiger partial charge in [0.2, 0.25) is 0 Å². The summed E-state index contributed by atoms with van der Waals surface area (Å²) in [6.45, 7) is 2.93. The molecule has 0 radical (unpaired) electrons. The smallest absolute Gasteiger partial charge is 0.123 e. The van der Waals surface area contributed by atoms with Crippen LogP contribution in [0.4, 0.5) is 5.82 Å². The normalized spacial score (nSPS) is 12.3. The van der Waals surface area contributed by atoms with E-state index in [1.165, 1.54) is 5.56 Å². The minimum atomic E-state index is 0.299. The number of nitrogens with zero attached hydrogens (tertiary/aromatic N) is 1. The van der Waals surface area contributed by atoms with Crippen molar-refractivity contribution in [3.05, 3.63) is 58.2 Å². The Morgan fingerprint density at radius 3 is 2.67 bits per heavy atom. The molecule has 0 aliphatic rings. The van der Waals surface area contributed by atoms with E-state index in [0.29, 0.717) is 11.9 Å². The van der Waals surface area contributed by atoms with Gasteiger partial charge in [0.25, 0.3) is 0 Å². The Labute approximate surface area is 116 Å². The highest BCUT2D eigenvalue weighted by molar-refractivity contribution is 9.10. The maximum absolute atomic E-state index is 5.65. The topological polar surface area (TPSA) is 50.9 Å². The van der Waals surface area contributed by atoms with Gasteiger partial charge in [-0.15, -0.1) is 0 Å². The van der Waals surface area contributed by atoms with Gasteiger partial charge < -0.3 is 11.1 Å². The molecule has 3 N–H and O–H groups in total. The number of pyridine rings is 1. The Kier molecular flexibility index (Phi) is 4.33. The first-order chi connectivity index (χ1) is 8.65. The summed E-state index contributed by atoms with van der Waals surface area (Å²) < 4.78 is 1.10. The van der Waals surface area contributed by atoms with Gasteiger partial charge in [-0.1, -0.05) is 28.1 Å². The Bertz CT molecular complexity index is 511. The first-order valence-corrected chi connectivity index (χ1v) is 6.63. The quantitative estimate of drug-likeness (QED) is 0.911. The van der Waals surface area contributed by atoms with Crippen LogP contribution < -0.4 is 11.1 Å². The van der Waals surface area contributed by atoms with Gasteiger partial charge in [0.05, 0.1) is 0 Å². The second-order valence-corrected chi connectivity index (χ2v) is 5.16. The van der Waals surface area contributed by atoms with Crippen LogP contribution in [0.5, 0.6) is 0 Å². The molecule has 3 nitrogen and oxygen atoms in total. The highest BCUT2D eigenvalue weighted by atomic mass is 79.9. The SMILES string of the molecule is C[C@@H](NCc1ccnc(N)c1)c1ccc(Br)cc1. The van der Waals surface area contributed by atoms with Gasteiger partial charge in [0.15, 0.2) is 0 Å². The maximum Gasteiger partial charge on any atom is 0.123 e. The van der Waals surface area contributed by atoms with Crippen LogP contribution in [0, 0.1) is 0 Å². The van der Waals surface area contributed by atoms with E-state index >= 15 is 0 Å². The molecule has 2 rings (SSSR count). The summed E-state index contributed by atoms with van der Waals surface area (Å²) in [6.07, 6.45) is 1.73. The van der Waals surface area contributed by atoms with E-state index in [1.807, 2.05) is 12.1 Å². The number of anilines is 1. The summed E-state index contributed by atoms with van der Waals surface area (Å²) in [5.41, 5.74) is 8.06. The zero-order valence-electron chi connectivity index (χ0n) is 10.2. The fourth-order valence-electron chi connectivity index (χ4n) is 1.74. The number of hydrogen-bond donors (Lipinski definition) is 2. The molecule has 0 spiro atoms. The second kappa shape index (κ2) is 5.98. The molecule has 0 saturated carbocycles. The summed E-state index contributed by atoms with van der Waals surface area (Å²) >= 11 is 3.44. The first-order valence-electron chi connectivity index (χ1n) is 5.84. The molecule has 0 aliphatic carbocycles. The molecule has 2 aromatic rings. The molecule has 1 aromatic carbocycles. The third-order valence-corrected chi connectivity index (χ3v) is 3.36. The lowest BCUT2D eigenvalue weighted by Gasteiger charge is -2.14. The number of nitrogen functional groups attached to an aromatic ring is 1. The van der Waals surface area contributed by atoms with Gasteiger partial charge in [-0.25, -0.2) is 4.98 Å². The monoisotopic (exact) mass is 305 g/mol. The van der Waals surface area contributed by atoms with Gasteiger partial charge in [0, 0.05) is 23.3 Å². The molecular formula is C14H16BrN3. The lowest BCUT2D eigenvalue weighted by atomic mass is 10.1. The third kappa shape index (κ3) is 3.55. The summed E-state index contributed by atoms with van der Waals surface area (Å²) in [7, 11) is 0. The minimum Gasteiger partial charge on any atom is -0.384 e. The third-order valence-electron chi connectivity index (χ3n) is 2.83. The Hall–Kier alpha value is -1.39. The van der Waals surface area contributed by atoms with Crippen LogP contribution in [0.15, 0.2) is 47.1 Å². The Morgan fingerprint density at radius 1 is 1.28 bits per heavy atom. The number of rotatable bonds is 4. The van der Waals surface area contributed by atoms with E-state index in [2.05, 4.69) is 57.4 Å². The van der Waals surface area contributed by atoms with Crippen molar-refractivity contribution in [2.45, 2.75) is 19.5 Å². The molecule has 1 heterocycles. The standard InChI is InChI=1S/C14H16BrN3/c1-10(12-2-4-13(15)5-3-12)18-9-11-6-7-17-14(16)8-11/h2-8,10,18H,9H2,1H3,(H2,16,17)/t10-/m1/s1. The van der Waals surface area contributed by atoms with Gasteiger partial charge in [-0.05, 0) is 42.3 Å². The van der Waals surface area contributed by atoms with E-state index in [-0.39, 0.29) is 0 Å². The molecular weight excluding hydrogens is 290 g/mol. The molecule has 1 atom stereocenters. The van der Waals surface area contributed by atoms with E-state index < -0.39 is 0 Å². The van der Waals surface area contributed by atoms with E-state index in [1.54, 1.807) is 6.20 Å². The van der Waals surface area contributed by atoms with Gasteiger partial charge in [-0.2, -0.15) is 0 Å². The molecule has 4 heteroatoms. The summed E-state index contributed by atoms with van der Waals surface area (Å²) in [5, 5.41) is 3.46. The van der Waals surface area contributed by atoms with E-state index in [9.17, 15) is 0 Å². The predicted molar refractivity (Wildman–Crippen MR) is 78.0 cm³/mol. The summed E-state index contributed by atoms with van der Waals surface area (Å²) in [4.78, 5) is 3.98. The molecule has 0 fully saturated rings. The van der Waals surface area contributed by atoms with Gasteiger partial charge >= 0.3 is 0 Å². The van der Waals surface area contributed by atoms with Crippen molar-refractivity contribution in [1.82, 2.24) is 10.3 Å². The molecule has 0 amide bonds. The van der Waals surface area contributed by atoms with Crippen LogP contribution in [-0.4, -0.2) is 4.98 Å². The predicted octanol–water partition coefficient (Wildman–Crippen LogP) is 3.28. The molecule has 0 aliphatic heterocycles. The van der Waals surface area contributed by atoms with Crippen molar-refractivity contribution in [3.8, 4) is 0 Å². The summed E-state index contributed by atoms with van der Waals surface area (Å²) in [5.74, 6) is 0.561. The van der Waals surface area contributed by atoms with E-state index in [4.69, 9.17) is 5.73 Å². The molecule has 1 aromatic heterocycles. The Morgan fingerprint density at radius 2 is 2.00 bits per heavy atom. The maximum atomic E-state index is 5.65. The molecule has 0 bridgehead atoms. The van der Waals surface area contributed by atoms with Crippen LogP contribution in [0.1, 0.15) is 24.1 Å². The van der Waals surface area contributed by atoms with Crippen LogP contribution in [-0.2, 0) is 6.54 Å². The number of nitrogens with two attached hydrogens (primary N) is 1. The van der Waals surface area contributed by atoms with Crippen molar-refractivity contribution < 1.29 is 0 Å². The average Bonchev–Trinajstić information content (AvgIpc) is 2.37. The zero-order chi connectivity index (χ0) is 13.0. The average molecular weight is 306 g/mol. The van der Waals surface area contributed by atoms with Crippen LogP contribution >= 0.6 is 15.9 Å². The number of aromatic nitrogens is 1. The van der Waals surface area contributed by atoms with Gasteiger partial charge in [0.1, 0.15) is 5.82 Å². The molecule has 0 unspecified atom stereocenters. The lowest BCUT2D eigenvalue weighted by molar-refractivity contribution is 0.574. The van der Waals surface area contributed by atoms with Crippen molar-refractivity contribution in [1.29, 1.82) is 0 Å². The second-order valence-electron chi connectivity index (χ2n) is 4.24.